The van der Waals surface area contributed by atoms with Crippen LogP contribution in [0.15, 0.2) is 48.8 Å². The topological polar surface area (TPSA) is 54.0 Å². The van der Waals surface area contributed by atoms with Crippen molar-refractivity contribution >= 4 is 5.91 Å². The zero-order valence-electron chi connectivity index (χ0n) is 13.5. The van der Waals surface area contributed by atoms with Crippen molar-refractivity contribution in [2.45, 2.75) is 25.8 Å². The molecular weight excluding hydrogens is 286 g/mol. The summed E-state index contributed by atoms with van der Waals surface area (Å²) in [5, 5.41) is 6.42. The lowest BCUT2D eigenvalue weighted by Crippen LogP contribution is -2.41. The van der Waals surface area contributed by atoms with Crippen LogP contribution in [0.4, 0.5) is 0 Å². The number of benzene rings is 1. The molecule has 2 aromatic rings. The highest BCUT2D eigenvalue weighted by Crippen LogP contribution is 2.21. The Hall–Kier alpha value is -2.20. The van der Waals surface area contributed by atoms with Gasteiger partial charge in [0.2, 0.25) is 5.91 Å². The van der Waals surface area contributed by atoms with Gasteiger partial charge < -0.3 is 10.6 Å². The summed E-state index contributed by atoms with van der Waals surface area (Å²) in [6.45, 7) is 3.85. The van der Waals surface area contributed by atoms with Gasteiger partial charge in [0.1, 0.15) is 0 Å². The Morgan fingerprint density at radius 1 is 1.26 bits per heavy atom. The van der Waals surface area contributed by atoms with Crippen molar-refractivity contribution in [1.29, 1.82) is 0 Å². The molecule has 1 aliphatic rings. The maximum Gasteiger partial charge on any atom is 0.224 e. The summed E-state index contributed by atoms with van der Waals surface area (Å²) in [5.74, 6) is 0.252. The summed E-state index contributed by atoms with van der Waals surface area (Å²) in [7, 11) is 0. The number of pyridine rings is 1. The molecule has 0 aliphatic carbocycles. The van der Waals surface area contributed by atoms with E-state index in [-0.39, 0.29) is 17.9 Å². The van der Waals surface area contributed by atoms with Crippen LogP contribution in [-0.4, -0.2) is 24.0 Å². The van der Waals surface area contributed by atoms with Crippen molar-refractivity contribution in [3.8, 4) is 11.1 Å². The van der Waals surface area contributed by atoms with Crippen LogP contribution in [0.5, 0.6) is 0 Å². The Morgan fingerprint density at radius 3 is 2.74 bits per heavy atom. The molecular formula is C19H23N3O. The van der Waals surface area contributed by atoms with E-state index in [4.69, 9.17) is 0 Å². The third kappa shape index (κ3) is 3.96. The first-order chi connectivity index (χ1) is 11.2. The van der Waals surface area contributed by atoms with Gasteiger partial charge in [0.05, 0.1) is 12.0 Å². The van der Waals surface area contributed by atoms with Crippen molar-refractivity contribution in [3.63, 3.8) is 0 Å². The SMILES string of the molecule is CC(NC(=O)C1CCCNC1)c1ccc(-c2cccnc2)cc1. The summed E-state index contributed by atoms with van der Waals surface area (Å²) in [5.41, 5.74) is 3.36. The van der Waals surface area contributed by atoms with Gasteiger partial charge in [-0.3, -0.25) is 9.78 Å². The molecule has 1 amide bonds. The van der Waals surface area contributed by atoms with E-state index in [0.717, 1.165) is 42.6 Å². The van der Waals surface area contributed by atoms with Crippen molar-refractivity contribution in [1.82, 2.24) is 15.6 Å². The molecule has 4 nitrogen and oxygen atoms in total. The van der Waals surface area contributed by atoms with Crippen LogP contribution in [0.2, 0.25) is 0 Å². The summed E-state index contributed by atoms with van der Waals surface area (Å²) in [6.07, 6.45) is 5.68. The van der Waals surface area contributed by atoms with Crippen LogP contribution < -0.4 is 10.6 Å². The maximum atomic E-state index is 12.3. The fourth-order valence-electron chi connectivity index (χ4n) is 2.99. The third-order valence-electron chi connectivity index (χ3n) is 4.43. The van der Waals surface area contributed by atoms with Gasteiger partial charge in [-0.2, -0.15) is 0 Å². The Kier molecular flexibility index (Phi) is 5.03. The highest BCUT2D eigenvalue weighted by molar-refractivity contribution is 5.79. The Morgan fingerprint density at radius 2 is 2.09 bits per heavy atom. The molecule has 0 saturated carbocycles. The molecule has 1 aromatic heterocycles. The summed E-state index contributed by atoms with van der Waals surface area (Å²) < 4.78 is 0. The fraction of sp³-hybridized carbons (Fsp3) is 0.368. The number of carbonyl (C=O) groups is 1. The van der Waals surface area contributed by atoms with E-state index in [2.05, 4.69) is 39.9 Å². The van der Waals surface area contributed by atoms with Crippen molar-refractivity contribution in [3.05, 3.63) is 54.4 Å². The van der Waals surface area contributed by atoms with Gasteiger partial charge in [-0.25, -0.2) is 0 Å². The molecule has 2 N–H and O–H groups in total. The van der Waals surface area contributed by atoms with Crippen LogP contribution in [0.1, 0.15) is 31.4 Å². The molecule has 23 heavy (non-hydrogen) atoms. The van der Waals surface area contributed by atoms with E-state index >= 15 is 0 Å². The quantitative estimate of drug-likeness (QED) is 0.913. The zero-order chi connectivity index (χ0) is 16.1. The van der Waals surface area contributed by atoms with Gasteiger partial charge in [-0.1, -0.05) is 30.3 Å². The second-order valence-corrected chi connectivity index (χ2v) is 6.14. The largest absolute Gasteiger partial charge is 0.349 e. The maximum absolute atomic E-state index is 12.3. The van der Waals surface area contributed by atoms with Gasteiger partial charge in [0.15, 0.2) is 0 Å². The first-order valence-corrected chi connectivity index (χ1v) is 8.25. The standard InChI is InChI=1S/C19H23N3O/c1-14(22-19(23)18-5-3-11-21-13-18)15-6-8-16(9-7-15)17-4-2-10-20-12-17/h2,4,6-10,12,14,18,21H,3,5,11,13H2,1H3,(H,22,23). The number of hydrogen-bond donors (Lipinski definition) is 2. The summed E-state index contributed by atoms with van der Waals surface area (Å²) in [6, 6.07) is 12.3. The predicted octanol–water partition coefficient (Wildman–Crippen LogP) is 2.93. The number of nitrogens with zero attached hydrogens (tertiary/aromatic N) is 1. The lowest BCUT2D eigenvalue weighted by Gasteiger charge is -2.24. The van der Waals surface area contributed by atoms with Gasteiger partial charge in [-0.15, -0.1) is 0 Å². The van der Waals surface area contributed by atoms with Gasteiger partial charge in [0, 0.05) is 18.9 Å². The predicted molar refractivity (Wildman–Crippen MR) is 91.8 cm³/mol. The minimum absolute atomic E-state index is 0.0207. The van der Waals surface area contributed by atoms with Crippen molar-refractivity contribution in [2.75, 3.05) is 13.1 Å². The molecule has 1 aliphatic heterocycles. The number of carbonyl (C=O) groups excluding carboxylic acids is 1. The van der Waals surface area contributed by atoms with Crippen LogP contribution in [-0.2, 0) is 4.79 Å². The molecule has 2 atom stereocenters. The molecule has 0 spiro atoms. The van der Waals surface area contributed by atoms with Crippen molar-refractivity contribution in [2.24, 2.45) is 5.92 Å². The lowest BCUT2D eigenvalue weighted by atomic mass is 9.97. The third-order valence-corrected chi connectivity index (χ3v) is 4.43. The highest BCUT2D eigenvalue weighted by atomic mass is 16.1. The smallest absolute Gasteiger partial charge is 0.224 e. The molecule has 1 aromatic carbocycles. The lowest BCUT2D eigenvalue weighted by molar-refractivity contribution is -0.126. The second kappa shape index (κ2) is 7.38. The van der Waals surface area contributed by atoms with Gasteiger partial charge in [-0.05, 0) is 49.1 Å². The molecule has 0 bridgehead atoms. The first-order valence-electron chi connectivity index (χ1n) is 8.25. The van der Waals surface area contributed by atoms with Gasteiger partial charge in [0.25, 0.3) is 0 Å². The van der Waals surface area contributed by atoms with Crippen molar-refractivity contribution < 1.29 is 4.79 Å². The van der Waals surface area contributed by atoms with Crippen LogP contribution in [0.25, 0.3) is 11.1 Å². The van der Waals surface area contributed by atoms with E-state index in [1.54, 1.807) is 6.20 Å². The van der Waals surface area contributed by atoms with Crippen LogP contribution >= 0.6 is 0 Å². The minimum Gasteiger partial charge on any atom is -0.349 e. The molecule has 1 fully saturated rings. The van der Waals surface area contributed by atoms with E-state index in [9.17, 15) is 4.79 Å². The van der Waals surface area contributed by atoms with E-state index in [1.807, 2.05) is 25.3 Å². The van der Waals surface area contributed by atoms with E-state index in [1.165, 1.54) is 0 Å². The summed E-state index contributed by atoms with van der Waals surface area (Å²) in [4.78, 5) is 16.5. The Balaban J connectivity index is 1.63. The molecule has 2 unspecified atom stereocenters. The minimum atomic E-state index is 0.0207. The normalized spacial score (nSPS) is 19.1. The van der Waals surface area contributed by atoms with E-state index < -0.39 is 0 Å². The average Bonchev–Trinajstić information content (AvgIpc) is 2.63. The van der Waals surface area contributed by atoms with Crippen LogP contribution in [0.3, 0.4) is 0 Å². The fourth-order valence-corrected chi connectivity index (χ4v) is 2.99. The monoisotopic (exact) mass is 309 g/mol. The number of hydrogen-bond acceptors (Lipinski definition) is 3. The first kappa shape index (κ1) is 15.7. The Bertz CT molecular complexity index is 633. The Labute approximate surface area is 137 Å². The number of aromatic nitrogens is 1. The molecule has 120 valence electrons. The number of amides is 1. The molecule has 3 rings (SSSR count). The number of nitrogens with one attached hydrogen (secondary N) is 2. The number of rotatable bonds is 4. The average molecular weight is 309 g/mol. The highest BCUT2D eigenvalue weighted by Gasteiger charge is 2.22. The number of piperidine rings is 1. The molecule has 1 saturated heterocycles. The van der Waals surface area contributed by atoms with E-state index in [0.29, 0.717) is 0 Å². The second-order valence-electron chi connectivity index (χ2n) is 6.14. The molecule has 0 radical (unpaired) electrons. The summed E-state index contributed by atoms with van der Waals surface area (Å²) >= 11 is 0. The molecule has 4 heteroatoms. The molecule has 2 heterocycles. The van der Waals surface area contributed by atoms with Gasteiger partial charge >= 0.3 is 0 Å². The zero-order valence-corrected chi connectivity index (χ0v) is 13.5. The van der Waals surface area contributed by atoms with Crippen LogP contribution in [0, 0.1) is 5.92 Å².